The molecule has 168 valence electrons. The summed E-state index contributed by atoms with van der Waals surface area (Å²) in [6.45, 7) is 1.14. The zero-order chi connectivity index (χ0) is 20.9. The molecule has 0 saturated heterocycles. The van der Waals surface area contributed by atoms with Crippen molar-refractivity contribution in [1.82, 2.24) is 0 Å². The normalized spacial score (nSPS) is 13.4. The van der Waals surface area contributed by atoms with Crippen molar-refractivity contribution >= 4 is 17.6 Å². The van der Waals surface area contributed by atoms with Crippen LogP contribution in [0.5, 0.6) is 0 Å². The van der Waals surface area contributed by atoms with Gasteiger partial charge in [-0.2, -0.15) is 0 Å². The van der Waals surface area contributed by atoms with Crippen LogP contribution in [0.2, 0.25) is 0 Å². The zero-order valence-electron chi connectivity index (χ0n) is 17.9. The van der Waals surface area contributed by atoms with Crippen LogP contribution in [0.1, 0.15) is 96.8 Å². The quantitative estimate of drug-likeness (QED) is 0.140. The Labute approximate surface area is 176 Å². The Kier molecular flexibility index (Phi) is 19.6. The zero-order valence-corrected chi connectivity index (χ0v) is 18.6. The number of aliphatic hydroxyl groups is 1. The van der Waals surface area contributed by atoms with E-state index in [0.29, 0.717) is 6.61 Å². The highest BCUT2D eigenvalue weighted by Gasteiger charge is 2.31. The summed E-state index contributed by atoms with van der Waals surface area (Å²) in [7, 11) is 0. The minimum atomic E-state index is -2.06. The van der Waals surface area contributed by atoms with Gasteiger partial charge < -0.3 is 14.6 Å². The van der Waals surface area contributed by atoms with Crippen LogP contribution >= 0.6 is 11.6 Å². The van der Waals surface area contributed by atoms with Crippen molar-refractivity contribution in [2.24, 2.45) is 0 Å². The summed E-state index contributed by atoms with van der Waals surface area (Å²) in [5.74, 6) is -1.04. The van der Waals surface area contributed by atoms with Crippen LogP contribution in [0.3, 0.4) is 0 Å². The number of esters is 1. The maximum atomic E-state index is 14.2. The minimum absolute atomic E-state index is 0.280. The van der Waals surface area contributed by atoms with Gasteiger partial charge in [0.1, 0.15) is 12.5 Å². The van der Waals surface area contributed by atoms with Crippen molar-refractivity contribution < 1.29 is 23.8 Å². The molecular formula is C22H42ClFO4. The number of halogens is 2. The molecule has 0 heterocycles. The Morgan fingerprint density at radius 1 is 0.857 bits per heavy atom. The lowest BCUT2D eigenvalue weighted by Crippen LogP contribution is -2.40. The van der Waals surface area contributed by atoms with E-state index in [1.54, 1.807) is 0 Å². The topological polar surface area (TPSA) is 55.8 Å². The van der Waals surface area contributed by atoms with Crippen molar-refractivity contribution in [2.75, 3.05) is 32.3 Å². The lowest BCUT2D eigenvalue weighted by Gasteiger charge is -2.22. The van der Waals surface area contributed by atoms with Gasteiger partial charge in [-0.25, -0.2) is 4.39 Å². The average molecular weight is 425 g/mol. The molecule has 6 heteroatoms. The minimum Gasteiger partial charge on any atom is -0.461 e. The van der Waals surface area contributed by atoms with Gasteiger partial charge in [-0.05, 0) is 6.42 Å². The van der Waals surface area contributed by atoms with Crippen molar-refractivity contribution in [1.29, 1.82) is 0 Å². The fraction of sp³-hybridized carbons (Fsp3) is 0.955. The van der Waals surface area contributed by atoms with E-state index in [1.165, 1.54) is 77.0 Å². The monoisotopic (exact) mass is 424 g/mol. The molecule has 4 nitrogen and oxygen atoms in total. The number of hydrogen-bond donors (Lipinski definition) is 1. The maximum Gasteiger partial charge on any atom is 0.320 e. The van der Waals surface area contributed by atoms with Gasteiger partial charge in [0.25, 0.3) is 0 Å². The number of rotatable bonds is 21. The van der Waals surface area contributed by atoms with E-state index in [0.717, 1.165) is 12.8 Å². The Morgan fingerprint density at radius 2 is 1.32 bits per heavy atom. The third-order valence-electron chi connectivity index (χ3n) is 4.89. The third kappa shape index (κ3) is 17.7. The second kappa shape index (κ2) is 19.9. The van der Waals surface area contributed by atoms with Crippen molar-refractivity contribution in [3.8, 4) is 0 Å². The number of carbonyl (C=O) groups excluding carboxylic acids is 1. The van der Waals surface area contributed by atoms with E-state index in [2.05, 4.69) is 11.7 Å². The van der Waals surface area contributed by atoms with Gasteiger partial charge in [0.2, 0.25) is 0 Å². The van der Waals surface area contributed by atoms with Gasteiger partial charge >= 0.3 is 5.97 Å². The van der Waals surface area contributed by atoms with E-state index in [9.17, 15) is 9.18 Å². The first kappa shape index (κ1) is 27.6. The molecule has 0 aliphatic heterocycles. The molecule has 0 aliphatic rings. The van der Waals surface area contributed by atoms with Crippen LogP contribution in [-0.2, 0) is 14.3 Å². The largest absolute Gasteiger partial charge is 0.461 e. The number of aliphatic hydroxyl groups excluding tert-OH is 1. The summed E-state index contributed by atoms with van der Waals surface area (Å²) in [5, 5.41) is 9.12. The maximum absolute atomic E-state index is 14.2. The van der Waals surface area contributed by atoms with Gasteiger partial charge in [0.15, 0.2) is 5.67 Å². The van der Waals surface area contributed by atoms with Crippen molar-refractivity contribution in [3.05, 3.63) is 0 Å². The molecule has 1 unspecified atom stereocenters. The van der Waals surface area contributed by atoms with Crippen molar-refractivity contribution in [2.45, 2.75) is 102 Å². The Balaban J connectivity index is 3.37. The van der Waals surface area contributed by atoms with Crippen LogP contribution in [0.25, 0.3) is 0 Å². The highest BCUT2D eigenvalue weighted by atomic mass is 35.5. The number of carbonyl (C=O) groups is 1. The molecule has 0 aromatic carbocycles. The Bertz CT molecular complexity index is 357. The molecule has 0 radical (unpaired) electrons. The Morgan fingerprint density at radius 3 is 1.75 bits per heavy atom. The molecule has 0 amide bonds. The predicted octanol–water partition coefficient (Wildman–Crippen LogP) is 5.97. The van der Waals surface area contributed by atoms with Crippen LogP contribution in [0.15, 0.2) is 0 Å². The predicted molar refractivity (Wildman–Crippen MR) is 114 cm³/mol. The van der Waals surface area contributed by atoms with E-state index in [-0.39, 0.29) is 12.5 Å². The highest BCUT2D eigenvalue weighted by Crippen LogP contribution is 2.14. The van der Waals surface area contributed by atoms with Crippen LogP contribution in [0.4, 0.5) is 4.39 Å². The number of unbranched alkanes of at least 4 members (excludes halogenated alkanes) is 13. The first-order valence-electron chi connectivity index (χ1n) is 11.2. The summed E-state index contributed by atoms with van der Waals surface area (Å²) >= 11 is 5.28. The van der Waals surface area contributed by atoms with Gasteiger partial charge in [-0.15, -0.1) is 11.6 Å². The lowest BCUT2D eigenvalue weighted by molar-refractivity contribution is -0.149. The molecule has 0 fully saturated rings. The van der Waals surface area contributed by atoms with E-state index >= 15 is 0 Å². The molecule has 0 aromatic rings. The van der Waals surface area contributed by atoms with Gasteiger partial charge in [0.05, 0.1) is 13.2 Å². The van der Waals surface area contributed by atoms with E-state index < -0.39 is 24.9 Å². The SMILES string of the molecule is CCCCCCCCCCCCCCCCOCC(F)(CO)COC(=O)CCl. The summed E-state index contributed by atoms with van der Waals surface area (Å²) in [6.07, 6.45) is 18.0. The molecule has 1 N–H and O–H groups in total. The smallest absolute Gasteiger partial charge is 0.320 e. The van der Waals surface area contributed by atoms with E-state index in [4.69, 9.17) is 21.4 Å². The second-order valence-electron chi connectivity index (χ2n) is 7.75. The number of ether oxygens (including phenoxy) is 2. The third-order valence-corrected chi connectivity index (χ3v) is 5.11. The molecule has 0 aliphatic carbocycles. The first-order chi connectivity index (χ1) is 13.6. The summed E-state index contributed by atoms with van der Waals surface area (Å²) < 4.78 is 24.1. The first-order valence-corrected chi connectivity index (χ1v) is 11.7. The second-order valence-corrected chi connectivity index (χ2v) is 8.02. The molecule has 0 aromatic heterocycles. The fourth-order valence-electron chi connectivity index (χ4n) is 3.04. The highest BCUT2D eigenvalue weighted by molar-refractivity contribution is 6.26. The van der Waals surface area contributed by atoms with Gasteiger partial charge in [-0.1, -0.05) is 90.4 Å². The van der Waals surface area contributed by atoms with Gasteiger partial charge in [-0.3, -0.25) is 4.79 Å². The molecule has 1 atom stereocenters. The Hall–Kier alpha value is -0.390. The van der Waals surface area contributed by atoms with Crippen LogP contribution < -0.4 is 0 Å². The summed E-state index contributed by atoms with van der Waals surface area (Å²) in [6, 6.07) is 0. The molecule has 0 saturated carbocycles. The molecular weight excluding hydrogens is 383 g/mol. The molecule has 28 heavy (non-hydrogen) atoms. The summed E-state index contributed by atoms with van der Waals surface area (Å²) in [4.78, 5) is 11.0. The molecule has 0 spiro atoms. The van der Waals surface area contributed by atoms with Crippen LogP contribution in [-0.4, -0.2) is 49.1 Å². The van der Waals surface area contributed by atoms with E-state index in [1.807, 2.05) is 0 Å². The van der Waals surface area contributed by atoms with Crippen LogP contribution in [0, 0.1) is 0 Å². The van der Waals surface area contributed by atoms with Gasteiger partial charge in [0, 0.05) is 6.61 Å². The standard InChI is InChI=1S/C22H42ClFO4/c1-2-3-4-5-6-7-8-9-10-11-12-13-14-15-16-27-19-22(24,18-25)20-28-21(26)17-23/h25H,2-20H2,1H3. The van der Waals surface area contributed by atoms with Crippen molar-refractivity contribution in [3.63, 3.8) is 0 Å². The average Bonchev–Trinajstić information content (AvgIpc) is 2.71. The number of alkyl halides is 2. The summed E-state index contributed by atoms with van der Waals surface area (Å²) in [5.41, 5.74) is -2.06. The number of hydrogen-bond acceptors (Lipinski definition) is 4. The molecule has 0 bridgehead atoms. The fourth-order valence-corrected chi connectivity index (χ4v) is 3.11. The lowest BCUT2D eigenvalue weighted by atomic mass is 10.0. The molecule has 0 rings (SSSR count).